The molecule has 2 rings (SSSR count). The van der Waals surface area contributed by atoms with E-state index in [0.717, 1.165) is 6.07 Å². The average molecular weight is 250 g/mol. The Morgan fingerprint density at radius 2 is 1.88 bits per heavy atom. The van der Waals surface area contributed by atoms with Crippen LogP contribution in [0.1, 0.15) is 5.56 Å². The van der Waals surface area contributed by atoms with Crippen LogP contribution in [0.4, 0.5) is 8.78 Å². The first-order chi connectivity index (χ1) is 8.11. The number of hydrogen-bond acceptors (Lipinski definition) is 1. The van der Waals surface area contributed by atoms with E-state index in [4.69, 9.17) is 16.9 Å². The average Bonchev–Trinajstić information content (AvgIpc) is 2.31. The smallest absolute Gasteiger partial charge is 0.166 e. The minimum Gasteiger partial charge on any atom is -0.204 e. The summed E-state index contributed by atoms with van der Waals surface area (Å²) in [5.74, 6) is -1.88. The van der Waals surface area contributed by atoms with Gasteiger partial charge in [0.15, 0.2) is 11.6 Å². The zero-order chi connectivity index (χ0) is 12.4. The molecule has 0 heterocycles. The Balaban J connectivity index is 2.65. The van der Waals surface area contributed by atoms with Gasteiger partial charge in [-0.05, 0) is 29.8 Å². The Morgan fingerprint density at radius 1 is 1.12 bits per heavy atom. The van der Waals surface area contributed by atoms with Gasteiger partial charge in [-0.3, -0.25) is 0 Å². The zero-order valence-corrected chi connectivity index (χ0v) is 9.30. The molecule has 1 nitrogen and oxygen atoms in total. The van der Waals surface area contributed by atoms with E-state index in [-0.39, 0.29) is 5.56 Å². The monoisotopic (exact) mass is 249 g/mol. The van der Waals surface area contributed by atoms with Crippen molar-refractivity contribution < 1.29 is 8.78 Å². The Morgan fingerprint density at radius 3 is 2.59 bits per heavy atom. The molecule has 0 fully saturated rings. The van der Waals surface area contributed by atoms with Gasteiger partial charge in [0.05, 0.1) is 11.6 Å². The van der Waals surface area contributed by atoms with Crippen LogP contribution in [0.5, 0.6) is 0 Å². The lowest BCUT2D eigenvalue weighted by molar-refractivity contribution is 0.511. The number of hydrogen-bond donors (Lipinski definition) is 0. The molecule has 0 aliphatic carbocycles. The Kier molecular flexibility index (Phi) is 3.08. The van der Waals surface area contributed by atoms with Crippen LogP contribution in [0, 0.1) is 23.0 Å². The molecule has 2 aromatic rings. The molecule has 0 spiro atoms. The van der Waals surface area contributed by atoms with Gasteiger partial charge in [-0.15, -0.1) is 0 Å². The van der Waals surface area contributed by atoms with Crippen LogP contribution in [0.15, 0.2) is 36.4 Å². The molecule has 0 saturated heterocycles. The summed E-state index contributed by atoms with van der Waals surface area (Å²) in [6, 6.07) is 10.2. The van der Waals surface area contributed by atoms with Gasteiger partial charge in [-0.2, -0.15) is 5.26 Å². The van der Waals surface area contributed by atoms with Gasteiger partial charge >= 0.3 is 0 Å². The van der Waals surface area contributed by atoms with Crippen molar-refractivity contribution in [2.75, 3.05) is 0 Å². The summed E-state index contributed by atoms with van der Waals surface area (Å²) < 4.78 is 26.6. The maximum atomic E-state index is 13.6. The number of halogens is 3. The van der Waals surface area contributed by atoms with E-state index in [0.29, 0.717) is 16.1 Å². The predicted octanol–water partition coefficient (Wildman–Crippen LogP) is 4.16. The Bertz CT molecular complexity index is 617. The van der Waals surface area contributed by atoms with Crippen LogP contribution in [0.3, 0.4) is 0 Å². The fourth-order valence-corrected chi connectivity index (χ4v) is 1.77. The van der Waals surface area contributed by atoms with Crippen molar-refractivity contribution >= 4 is 11.6 Å². The highest BCUT2D eigenvalue weighted by Crippen LogP contribution is 2.27. The van der Waals surface area contributed by atoms with Crippen molar-refractivity contribution in [3.63, 3.8) is 0 Å². The van der Waals surface area contributed by atoms with Crippen molar-refractivity contribution in [1.29, 1.82) is 5.26 Å². The van der Waals surface area contributed by atoms with Crippen molar-refractivity contribution in [1.82, 2.24) is 0 Å². The highest BCUT2D eigenvalue weighted by atomic mass is 35.5. The molecule has 0 atom stereocenters. The summed E-state index contributed by atoms with van der Waals surface area (Å²) in [4.78, 5) is 0. The minimum absolute atomic E-state index is 0.0870. The molecule has 0 unspecified atom stereocenters. The van der Waals surface area contributed by atoms with Crippen molar-refractivity contribution in [2.45, 2.75) is 0 Å². The zero-order valence-electron chi connectivity index (χ0n) is 8.55. The van der Waals surface area contributed by atoms with Gasteiger partial charge in [0, 0.05) is 10.6 Å². The fourth-order valence-electron chi connectivity index (χ4n) is 1.54. The van der Waals surface area contributed by atoms with Crippen molar-refractivity contribution in [3.05, 3.63) is 58.6 Å². The molecule has 0 bridgehead atoms. The molecule has 0 saturated carbocycles. The molecule has 84 valence electrons. The SMILES string of the molecule is N#Cc1cc(Cl)cc(-c2cccc(F)c2F)c1. The van der Waals surface area contributed by atoms with Crippen LogP contribution in [0.2, 0.25) is 5.02 Å². The summed E-state index contributed by atoms with van der Waals surface area (Å²) in [5, 5.41) is 9.09. The third-order valence-corrected chi connectivity index (χ3v) is 2.51. The third kappa shape index (κ3) is 2.27. The van der Waals surface area contributed by atoms with E-state index in [1.165, 1.54) is 30.3 Å². The number of nitrogens with zero attached hydrogens (tertiary/aromatic N) is 1. The standard InChI is InChI=1S/C13H6ClF2N/c14-10-5-8(7-17)4-9(6-10)11-2-1-3-12(15)13(11)16/h1-6H. The van der Waals surface area contributed by atoms with Crippen molar-refractivity contribution in [3.8, 4) is 17.2 Å². The number of benzene rings is 2. The van der Waals surface area contributed by atoms with Gasteiger partial charge in [-0.25, -0.2) is 8.78 Å². The highest BCUT2D eigenvalue weighted by Gasteiger charge is 2.10. The van der Waals surface area contributed by atoms with Gasteiger partial charge < -0.3 is 0 Å². The van der Waals surface area contributed by atoms with E-state index in [9.17, 15) is 8.78 Å². The summed E-state index contributed by atoms with van der Waals surface area (Å²) in [5.41, 5.74) is 0.770. The Labute approximate surface area is 102 Å². The summed E-state index contributed by atoms with van der Waals surface area (Å²) in [7, 11) is 0. The molecule has 0 N–H and O–H groups in total. The van der Waals surface area contributed by atoms with E-state index in [2.05, 4.69) is 0 Å². The third-order valence-electron chi connectivity index (χ3n) is 2.29. The molecular weight excluding hydrogens is 244 g/mol. The minimum atomic E-state index is -0.946. The van der Waals surface area contributed by atoms with Crippen LogP contribution in [-0.4, -0.2) is 0 Å². The molecule has 2 aromatic carbocycles. The number of rotatable bonds is 1. The first-order valence-electron chi connectivity index (χ1n) is 4.77. The maximum Gasteiger partial charge on any atom is 0.166 e. The van der Waals surface area contributed by atoms with Gasteiger partial charge in [-0.1, -0.05) is 23.7 Å². The lowest BCUT2D eigenvalue weighted by Crippen LogP contribution is -1.89. The normalized spacial score (nSPS) is 10.0. The van der Waals surface area contributed by atoms with E-state index < -0.39 is 11.6 Å². The summed E-state index contributed by atoms with van der Waals surface area (Å²) >= 11 is 5.80. The first kappa shape index (κ1) is 11.6. The summed E-state index contributed by atoms with van der Waals surface area (Å²) in [6.45, 7) is 0. The van der Waals surface area contributed by atoms with Gasteiger partial charge in [0.25, 0.3) is 0 Å². The molecule has 0 aliphatic rings. The molecular formula is C13H6ClF2N. The first-order valence-corrected chi connectivity index (χ1v) is 5.14. The Hall–Kier alpha value is -1.92. The topological polar surface area (TPSA) is 23.8 Å². The molecule has 17 heavy (non-hydrogen) atoms. The van der Waals surface area contributed by atoms with Gasteiger partial charge in [0.2, 0.25) is 0 Å². The van der Waals surface area contributed by atoms with E-state index >= 15 is 0 Å². The van der Waals surface area contributed by atoms with Crippen LogP contribution in [-0.2, 0) is 0 Å². The lowest BCUT2D eigenvalue weighted by atomic mass is 10.0. The highest BCUT2D eigenvalue weighted by molar-refractivity contribution is 6.31. The molecule has 0 aromatic heterocycles. The van der Waals surface area contributed by atoms with Crippen molar-refractivity contribution in [2.24, 2.45) is 0 Å². The molecule has 0 aliphatic heterocycles. The largest absolute Gasteiger partial charge is 0.204 e. The predicted molar refractivity (Wildman–Crippen MR) is 61.5 cm³/mol. The van der Waals surface area contributed by atoms with Crippen LogP contribution in [0.25, 0.3) is 11.1 Å². The van der Waals surface area contributed by atoms with Crippen LogP contribution >= 0.6 is 11.6 Å². The maximum absolute atomic E-state index is 13.6. The molecule has 0 radical (unpaired) electrons. The van der Waals surface area contributed by atoms with Crippen LogP contribution < -0.4 is 0 Å². The van der Waals surface area contributed by atoms with E-state index in [1.807, 2.05) is 6.07 Å². The molecule has 4 heteroatoms. The van der Waals surface area contributed by atoms with E-state index in [1.54, 1.807) is 0 Å². The second-order valence-corrected chi connectivity index (χ2v) is 3.88. The van der Waals surface area contributed by atoms with Gasteiger partial charge in [0.1, 0.15) is 0 Å². The summed E-state index contributed by atoms with van der Waals surface area (Å²) in [6.07, 6.45) is 0. The second-order valence-electron chi connectivity index (χ2n) is 3.44. The quantitative estimate of drug-likeness (QED) is 0.745. The lowest BCUT2D eigenvalue weighted by Gasteiger charge is -2.05. The molecule has 0 amide bonds. The fraction of sp³-hybridized carbons (Fsp3) is 0. The number of nitriles is 1. The second kappa shape index (κ2) is 4.52.